The van der Waals surface area contributed by atoms with Gasteiger partial charge in [-0.15, -0.1) is 0 Å². The molecule has 11 atom stereocenters. The molecule has 1 saturated heterocycles. The van der Waals surface area contributed by atoms with Crippen LogP contribution in [0.2, 0.25) is 0 Å². The molecule has 2 heterocycles. The highest BCUT2D eigenvalue weighted by atomic mass is 16.5. The lowest BCUT2D eigenvalue weighted by molar-refractivity contribution is -0.163. The molecule has 1 saturated carbocycles. The summed E-state index contributed by atoms with van der Waals surface area (Å²) in [7, 11) is 0. The highest BCUT2D eigenvalue weighted by molar-refractivity contribution is 5.87. The van der Waals surface area contributed by atoms with Gasteiger partial charge in [-0.25, -0.2) is 4.79 Å². The van der Waals surface area contributed by atoms with Crippen molar-refractivity contribution in [1.29, 1.82) is 0 Å². The van der Waals surface area contributed by atoms with Crippen molar-refractivity contribution in [3.05, 3.63) is 47.6 Å². The fourth-order valence-corrected chi connectivity index (χ4v) is 9.01. The monoisotopic (exact) mass is 826 g/mol. The van der Waals surface area contributed by atoms with Crippen LogP contribution >= 0.6 is 0 Å². The van der Waals surface area contributed by atoms with E-state index in [1.165, 1.54) is 4.90 Å². The summed E-state index contributed by atoms with van der Waals surface area (Å²) in [5.41, 5.74) is 0.0753. The van der Waals surface area contributed by atoms with Gasteiger partial charge in [0.2, 0.25) is 5.91 Å². The van der Waals surface area contributed by atoms with Gasteiger partial charge in [0.25, 0.3) is 0 Å². The van der Waals surface area contributed by atoms with Gasteiger partial charge >= 0.3 is 5.97 Å². The van der Waals surface area contributed by atoms with Gasteiger partial charge in [0.15, 0.2) is 0 Å². The third kappa shape index (κ3) is 16.5. The maximum absolute atomic E-state index is 14.0. The van der Waals surface area contributed by atoms with E-state index in [4.69, 9.17) is 4.74 Å². The van der Waals surface area contributed by atoms with Crippen molar-refractivity contribution in [3.63, 3.8) is 0 Å². The Morgan fingerprint density at radius 3 is 2.17 bits per heavy atom. The lowest BCUT2D eigenvalue weighted by Gasteiger charge is -2.34. The summed E-state index contributed by atoms with van der Waals surface area (Å²) in [4.78, 5) is 56.4. The first-order valence-corrected chi connectivity index (χ1v) is 22.7. The molecule has 10 nitrogen and oxygen atoms in total. The van der Waals surface area contributed by atoms with Gasteiger partial charge < -0.3 is 30.1 Å². The highest BCUT2D eigenvalue weighted by Crippen LogP contribution is 2.34. The molecule has 0 bridgehead atoms. The number of nitrogens with zero attached hydrogens (tertiary/aromatic N) is 1. The molecule has 1 aliphatic carbocycles. The van der Waals surface area contributed by atoms with Crippen molar-refractivity contribution in [2.45, 2.75) is 188 Å². The molecule has 3 rings (SSSR count). The molecule has 10 heteroatoms. The van der Waals surface area contributed by atoms with E-state index in [1.54, 1.807) is 26.8 Å². The first-order valence-electron chi connectivity index (χ1n) is 22.7. The molecular formula is C49H79NO9. The Bertz CT molecular complexity index is 1500. The summed E-state index contributed by atoms with van der Waals surface area (Å²) in [6.07, 6.45) is 16.1. The molecule has 3 aliphatic rings. The Hall–Kier alpha value is -2.92. The van der Waals surface area contributed by atoms with Gasteiger partial charge in [-0.05, 0) is 126 Å². The largest absolute Gasteiger partial charge is 0.460 e. The van der Waals surface area contributed by atoms with E-state index >= 15 is 0 Å². The van der Waals surface area contributed by atoms with E-state index in [0.717, 1.165) is 44.1 Å². The Labute approximate surface area is 355 Å². The fraction of sp³-hybridized carbons (Fsp3) is 0.755. The Balaban J connectivity index is 1.87. The SMILES string of the molecule is C/C1=C\[C@@H](C)C(=O)C[C@@H]([C@H](C)CC2CCC(O)CC2)OC(=O)C2CCCN2C(=O)C[C@@](C)(O)[C@H](C)CC[C@H](C)C[C@H](O)/C(C)=C/C=C/C=C/[C@@H](C)C[C@@H](C)C(=O)C[C@@H]1O. The van der Waals surface area contributed by atoms with Gasteiger partial charge in [-0.3, -0.25) is 14.4 Å². The number of carbonyl (C=O) groups is 4. The van der Waals surface area contributed by atoms with Crippen molar-refractivity contribution >= 4 is 23.4 Å². The number of ether oxygens (including phenoxy) is 1. The molecule has 2 aliphatic heterocycles. The van der Waals surface area contributed by atoms with Gasteiger partial charge in [0.05, 0.1) is 30.3 Å². The molecule has 0 aromatic heterocycles. The smallest absolute Gasteiger partial charge is 0.329 e. The predicted molar refractivity (Wildman–Crippen MR) is 233 cm³/mol. The van der Waals surface area contributed by atoms with Crippen LogP contribution in [0.25, 0.3) is 0 Å². The minimum Gasteiger partial charge on any atom is -0.460 e. The molecule has 0 aromatic rings. The summed E-state index contributed by atoms with van der Waals surface area (Å²) in [6, 6.07) is -0.811. The van der Waals surface area contributed by atoms with E-state index in [9.17, 15) is 39.6 Å². The number of hydrogen-bond acceptors (Lipinski definition) is 9. The van der Waals surface area contributed by atoms with Crippen molar-refractivity contribution < 1.29 is 44.3 Å². The number of aliphatic hydroxyl groups is 4. The second-order valence-corrected chi connectivity index (χ2v) is 19.3. The normalized spacial score (nSPS) is 40.0. The first kappa shape index (κ1) is 50.4. The fourth-order valence-electron chi connectivity index (χ4n) is 9.01. The van der Waals surface area contributed by atoms with Crippen LogP contribution in [0.1, 0.15) is 152 Å². The average molecular weight is 826 g/mol. The zero-order valence-electron chi connectivity index (χ0n) is 37.8. The third-order valence-electron chi connectivity index (χ3n) is 13.7. The first-order chi connectivity index (χ1) is 27.7. The number of esters is 1. The number of hydrogen-bond donors (Lipinski definition) is 4. The molecule has 0 spiro atoms. The third-order valence-corrected chi connectivity index (χ3v) is 13.7. The molecule has 59 heavy (non-hydrogen) atoms. The van der Waals surface area contributed by atoms with Crippen molar-refractivity contribution in [1.82, 2.24) is 4.90 Å². The number of allylic oxidation sites excluding steroid dienone is 6. The average Bonchev–Trinajstić information content (AvgIpc) is 3.67. The lowest BCUT2D eigenvalue weighted by atomic mass is 9.79. The van der Waals surface area contributed by atoms with Crippen LogP contribution in [-0.2, 0) is 23.9 Å². The number of ketones is 2. The van der Waals surface area contributed by atoms with Crippen LogP contribution in [0.15, 0.2) is 47.6 Å². The molecule has 4 N–H and O–H groups in total. The maximum atomic E-state index is 14.0. The number of carbonyl (C=O) groups excluding carboxylic acids is 4. The van der Waals surface area contributed by atoms with Crippen molar-refractivity contribution in [3.8, 4) is 0 Å². The Kier molecular flexibility index (Phi) is 20.4. The van der Waals surface area contributed by atoms with Crippen LogP contribution in [0, 0.1) is 41.4 Å². The van der Waals surface area contributed by atoms with E-state index in [0.29, 0.717) is 50.1 Å². The van der Waals surface area contributed by atoms with Gasteiger partial charge in [0, 0.05) is 31.2 Å². The molecule has 334 valence electrons. The van der Waals surface area contributed by atoms with Gasteiger partial charge in [-0.1, -0.05) is 84.4 Å². The lowest BCUT2D eigenvalue weighted by Crippen LogP contribution is -2.47. The second kappa shape index (κ2) is 23.9. The van der Waals surface area contributed by atoms with E-state index in [-0.39, 0.29) is 72.4 Å². The van der Waals surface area contributed by atoms with Crippen molar-refractivity contribution in [2.24, 2.45) is 41.4 Å². The maximum Gasteiger partial charge on any atom is 0.329 e. The van der Waals surface area contributed by atoms with Crippen LogP contribution in [0.4, 0.5) is 0 Å². The molecule has 0 aromatic carbocycles. The quantitative estimate of drug-likeness (QED) is 0.163. The summed E-state index contributed by atoms with van der Waals surface area (Å²) in [6.45, 7) is 17.4. The van der Waals surface area contributed by atoms with Crippen molar-refractivity contribution in [2.75, 3.05) is 6.54 Å². The van der Waals surface area contributed by atoms with Gasteiger partial charge in [-0.2, -0.15) is 0 Å². The number of Topliss-reactive ketones (excluding diaryl/α,β-unsaturated/α-hetero) is 2. The predicted octanol–water partition coefficient (Wildman–Crippen LogP) is 8.01. The molecule has 1 amide bonds. The molecular weight excluding hydrogens is 747 g/mol. The van der Waals surface area contributed by atoms with Crippen LogP contribution in [0.3, 0.4) is 0 Å². The van der Waals surface area contributed by atoms with Gasteiger partial charge in [0.1, 0.15) is 23.7 Å². The van der Waals surface area contributed by atoms with E-state index in [1.807, 2.05) is 65.0 Å². The number of aliphatic hydroxyl groups excluding tert-OH is 3. The zero-order chi connectivity index (χ0) is 44.0. The number of rotatable bonds is 3. The molecule has 0 radical (unpaired) electrons. The summed E-state index contributed by atoms with van der Waals surface area (Å²) < 4.78 is 6.23. The van der Waals surface area contributed by atoms with E-state index < -0.39 is 41.8 Å². The zero-order valence-corrected chi connectivity index (χ0v) is 37.8. The minimum atomic E-state index is -1.31. The number of cyclic esters (lactones) is 1. The van der Waals surface area contributed by atoms with E-state index in [2.05, 4.69) is 6.92 Å². The highest BCUT2D eigenvalue weighted by Gasteiger charge is 2.41. The second-order valence-electron chi connectivity index (χ2n) is 19.3. The van der Waals surface area contributed by atoms with Crippen LogP contribution < -0.4 is 0 Å². The standard InChI is InChI=1S/C49H79NO9/c1-31-14-11-10-12-15-33(3)42(52)25-32(2)17-18-38(8)49(9,58)30-47(56)50-23-13-16-41(50)48(57)59-46(37(7)27-39-19-21-40(51)22-20-39)29-45(55)36(6)26-35(5)44(54)28-43(53)34(4)24-31/h10-12,14-15,26,31-32,34,36-42,44,46,51-52,54,58H,13,16-25,27-30H2,1-9H3/b12-10+,14-11+,33-15+,35-26+/t31-,32+,34-,36-,37-,38-,39?,40?,41?,42+,44+,46+,49-/m1/s1. The summed E-state index contributed by atoms with van der Waals surface area (Å²) in [5.74, 6) is -1.65. The topological polar surface area (TPSA) is 162 Å². The van der Waals surface area contributed by atoms with Crippen LogP contribution in [-0.4, -0.2) is 91.4 Å². The number of amides is 1. The molecule has 1 unspecified atom stereocenters. The van der Waals surface area contributed by atoms with Crippen LogP contribution in [0.5, 0.6) is 0 Å². The Morgan fingerprint density at radius 2 is 1.49 bits per heavy atom. The minimum absolute atomic E-state index is 0.0299. The Morgan fingerprint density at radius 1 is 0.814 bits per heavy atom. The molecule has 2 fully saturated rings. The summed E-state index contributed by atoms with van der Waals surface area (Å²) in [5, 5.41) is 43.6. The number of fused-ring (bicyclic) bond motifs is 1. The summed E-state index contributed by atoms with van der Waals surface area (Å²) >= 11 is 0.